The van der Waals surface area contributed by atoms with E-state index in [0.29, 0.717) is 30.2 Å². The van der Waals surface area contributed by atoms with Gasteiger partial charge < -0.3 is 14.6 Å². The van der Waals surface area contributed by atoms with Crippen molar-refractivity contribution in [1.29, 1.82) is 0 Å². The van der Waals surface area contributed by atoms with E-state index in [9.17, 15) is 9.90 Å². The Kier molecular flexibility index (Phi) is 3.19. The molecule has 0 spiro atoms. The SMILES string of the molecule is C[C@]1(O)C(=O)N(c2cncc(C3OCCO3)c2)c2ccccc21. The molecule has 2 aliphatic rings. The van der Waals surface area contributed by atoms with E-state index in [0.717, 1.165) is 5.56 Å². The average molecular weight is 312 g/mol. The van der Waals surface area contributed by atoms with Crippen LogP contribution in [0.25, 0.3) is 0 Å². The van der Waals surface area contributed by atoms with Crippen LogP contribution in [0.2, 0.25) is 0 Å². The van der Waals surface area contributed by atoms with Crippen LogP contribution < -0.4 is 4.90 Å². The van der Waals surface area contributed by atoms with Gasteiger partial charge in [-0.25, -0.2) is 0 Å². The number of carbonyl (C=O) groups is 1. The van der Waals surface area contributed by atoms with Crippen molar-refractivity contribution in [3.8, 4) is 0 Å². The van der Waals surface area contributed by atoms with Crippen LogP contribution in [0.5, 0.6) is 0 Å². The summed E-state index contributed by atoms with van der Waals surface area (Å²) in [5, 5.41) is 10.6. The van der Waals surface area contributed by atoms with Gasteiger partial charge in [0.25, 0.3) is 5.91 Å². The monoisotopic (exact) mass is 312 g/mol. The molecule has 1 fully saturated rings. The van der Waals surface area contributed by atoms with Crippen LogP contribution in [-0.4, -0.2) is 29.2 Å². The maximum Gasteiger partial charge on any atom is 0.267 e. The summed E-state index contributed by atoms with van der Waals surface area (Å²) in [6.07, 6.45) is 2.79. The molecule has 2 aliphatic heterocycles. The number of pyridine rings is 1. The molecule has 1 amide bonds. The summed E-state index contributed by atoms with van der Waals surface area (Å²) in [6.45, 7) is 2.58. The first-order valence-corrected chi connectivity index (χ1v) is 7.43. The quantitative estimate of drug-likeness (QED) is 0.918. The van der Waals surface area contributed by atoms with Gasteiger partial charge in [0.15, 0.2) is 11.9 Å². The highest BCUT2D eigenvalue weighted by Gasteiger charge is 2.46. The van der Waals surface area contributed by atoms with Gasteiger partial charge in [0.05, 0.1) is 30.8 Å². The maximum absolute atomic E-state index is 12.7. The van der Waals surface area contributed by atoms with Crippen molar-refractivity contribution >= 4 is 17.3 Å². The van der Waals surface area contributed by atoms with Gasteiger partial charge in [-0.3, -0.25) is 14.7 Å². The lowest BCUT2D eigenvalue weighted by Gasteiger charge is -2.20. The number of hydrogen-bond acceptors (Lipinski definition) is 5. The summed E-state index contributed by atoms with van der Waals surface area (Å²) in [5.41, 5.74) is 1.03. The van der Waals surface area contributed by atoms with Crippen LogP contribution in [-0.2, 0) is 19.9 Å². The number of ether oxygens (including phenoxy) is 2. The normalized spacial score (nSPS) is 24.3. The lowest BCUT2D eigenvalue weighted by molar-refractivity contribution is -0.133. The Morgan fingerprint density at radius 1 is 1.26 bits per heavy atom. The second-order valence-corrected chi connectivity index (χ2v) is 5.78. The molecular weight excluding hydrogens is 296 g/mol. The lowest BCUT2D eigenvalue weighted by atomic mass is 9.98. The molecule has 0 saturated carbocycles. The molecule has 2 aromatic rings. The maximum atomic E-state index is 12.7. The molecule has 6 nitrogen and oxygen atoms in total. The molecule has 1 saturated heterocycles. The largest absolute Gasteiger partial charge is 0.375 e. The third-order valence-corrected chi connectivity index (χ3v) is 4.19. The van der Waals surface area contributed by atoms with Crippen molar-refractivity contribution in [2.45, 2.75) is 18.8 Å². The van der Waals surface area contributed by atoms with Gasteiger partial charge >= 0.3 is 0 Å². The van der Waals surface area contributed by atoms with Crippen LogP contribution >= 0.6 is 0 Å². The number of aromatic nitrogens is 1. The lowest BCUT2D eigenvalue weighted by Crippen LogP contribution is -2.35. The smallest absolute Gasteiger partial charge is 0.267 e. The second kappa shape index (κ2) is 5.13. The van der Waals surface area contributed by atoms with E-state index in [4.69, 9.17) is 9.47 Å². The van der Waals surface area contributed by atoms with E-state index < -0.39 is 17.8 Å². The Hall–Kier alpha value is -2.28. The van der Waals surface area contributed by atoms with E-state index >= 15 is 0 Å². The third kappa shape index (κ3) is 2.15. The van der Waals surface area contributed by atoms with Gasteiger partial charge in [-0.15, -0.1) is 0 Å². The van der Waals surface area contributed by atoms with Gasteiger partial charge in [-0.05, 0) is 19.1 Å². The van der Waals surface area contributed by atoms with E-state index in [-0.39, 0.29) is 0 Å². The van der Waals surface area contributed by atoms with Crippen LogP contribution in [0.15, 0.2) is 42.7 Å². The number of aliphatic hydroxyl groups is 1. The fourth-order valence-electron chi connectivity index (χ4n) is 3.03. The molecule has 1 N–H and O–H groups in total. The molecule has 1 atom stereocenters. The average Bonchev–Trinajstić information content (AvgIpc) is 3.16. The number of rotatable bonds is 2. The molecule has 0 aliphatic carbocycles. The predicted octanol–water partition coefficient (Wildman–Crippen LogP) is 2.01. The van der Waals surface area contributed by atoms with Crippen LogP contribution in [0.4, 0.5) is 11.4 Å². The van der Waals surface area contributed by atoms with E-state index in [2.05, 4.69) is 4.98 Å². The zero-order chi connectivity index (χ0) is 16.0. The van der Waals surface area contributed by atoms with Gasteiger partial charge in [0, 0.05) is 17.3 Å². The van der Waals surface area contributed by atoms with Crippen molar-refractivity contribution in [1.82, 2.24) is 4.98 Å². The summed E-state index contributed by atoms with van der Waals surface area (Å²) in [5.74, 6) is -0.397. The Bertz CT molecular complexity index is 769. The van der Waals surface area contributed by atoms with Gasteiger partial charge in [-0.1, -0.05) is 18.2 Å². The van der Waals surface area contributed by atoms with Crippen molar-refractivity contribution in [3.63, 3.8) is 0 Å². The molecule has 23 heavy (non-hydrogen) atoms. The summed E-state index contributed by atoms with van der Waals surface area (Å²) < 4.78 is 11.0. The minimum atomic E-state index is -1.55. The molecule has 0 radical (unpaired) electrons. The highest BCUT2D eigenvalue weighted by Crippen LogP contribution is 2.44. The number of amides is 1. The Morgan fingerprint density at radius 3 is 2.78 bits per heavy atom. The van der Waals surface area contributed by atoms with E-state index in [1.807, 2.05) is 12.1 Å². The van der Waals surface area contributed by atoms with Crippen molar-refractivity contribution in [2.24, 2.45) is 0 Å². The van der Waals surface area contributed by atoms with Crippen LogP contribution in [0, 0.1) is 0 Å². The summed E-state index contributed by atoms with van der Waals surface area (Å²) in [6, 6.07) is 9.01. The molecule has 6 heteroatoms. The third-order valence-electron chi connectivity index (χ3n) is 4.19. The van der Waals surface area contributed by atoms with Crippen molar-refractivity contribution in [3.05, 3.63) is 53.9 Å². The molecule has 118 valence electrons. The molecule has 4 rings (SSSR count). The van der Waals surface area contributed by atoms with Crippen molar-refractivity contribution < 1.29 is 19.4 Å². The van der Waals surface area contributed by atoms with Gasteiger partial charge in [0.1, 0.15) is 0 Å². The number of hydrogen-bond donors (Lipinski definition) is 1. The molecular formula is C17H16N2O4. The predicted molar refractivity (Wildman–Crippen MR) is 82.0 cm³/mol. The van der Waals surface area contributed by atoms with Crippen molar-refractivity contribution in [2.75, 3.05) is 18.1 Å². The second-order valence-electron chi connectivity index (χ2n) is 5.78. The molecule has 1 aromatic heterocycles. The first kappa shape index (κ1) is 14.3. The topological polar surface area (TPSA) is 71.9 Å². The fourth-order valence-corrected chi connectivity index (χ4v) is 3.03. The highest BCUT2D eigenvalue weighted by atomic mass is 16.7. The molecule has 0 unspecified atom stereocenters. The number of para-hydroxylation sites is 1. The number of nitrogens with zero attached hydrogens (tertiary/aromatic N) is 2. The first-order chi connectivity index (χ1) is 11.1. The highest BCUT2D eigenvalue weighted by molar-refractivity contribution is 6.11. The summed E-state index contributed by atoms with van der Waals surface area (Å²) >= 11 is 0. The first-order valence-electron chi connectivity index (χ1n) is 7.43. The van der Waals surface area contributed by atoms with Gasteiger partial charge in [0.2, 0.25) is 0 Å². The Balaban J connectivity index is 1.79. The van der Waals surface area contributed by atoms with Gasteiger partial charge in [-0.2, -0.15) is 0 Å². The number of benzene rings is 1. The van der Waals surface area contributed by atoms with E-state index in [1.54, 1.807) is 30.6 Å². The van der Waals surface area contributed by atoms with E-state index in [1.165, 1.54) is 11.8 Å². The Morgan fingerprint density at radius 2 is 2.00 bits per heavy atom. The standard InChI is InChI=1S/C17H16N2O4/c1-17(21)13-4-2-3-5-14(13)19(16(17)20)12-8-11(9-18-10-12)15-22-6-7-23-15/h2-5,8-10,15,21H,6-7H2,1H3/t17-/m1/s1. The summed E-state index contributed by atoms with van der Waals surface area (Å²) in [7, 11) is 0. The zero-order valence-corrected chi connectivity index (χ0v) is 12.6. The van der Waals surface area contributed by atoms with Crippen LogP contribution in [0.1, 0.15) is 24.3 Å². The molecule has 1 aromatic carbocycles. The number of fused-ring (bicyclic) bond motifs is 1. The van der Waals surface area contributed by atoms with Crippen LogP contribution in [0.3, 0.4) is 0 Å². The minimum Gasteiger partial charge on any atom is -0.375 e. The number of anilines is 2. The molecule has 3 heterocycles. The zero-order valence-electron chi connectivity index (χ0n) is 12.6. The Labute approximate surface area is 133 Å². The fraction of sp³-hybridized carbons (Fsp3) is 0.294. The summed E-state index contributed by atoms with van der Waals surface area (Å²) in [4.78, 5) is 18.4. The minimum absolute atomic E-state index is 0.397. The number of carbonyl (C=O) groups excluding carboxylic acids is 1. The molecule has 0 bridgehead atoms.